The van der Waals surface area contributed by atoms with Crippen LogP contribution in [0.25, 0.3) is 11.3 Å². The lowest BCUT2D eigenvalue weighted by atomic mass is 10.0. The molecule has 0 aliphatic carbocycles. The summed E-state index contributed by atoms with van der Waals surface area (Å²) in [5.74, 6) is -1.97. The average Bonchev–Trinajstić information content (AvgIpc) is 3.56. The molecule has 1 fully saturated rings. The molecule has 5 heterocycles. The highest BCUT2D eigenvalue weighted by Gasteiger charge is 2.54. The number of nitrogens with zero attached hydrogens (tertiary/aromatic N) is 6. The third-order valence-electron chi connectivity index (χ3n) is 5.63. The highest BCUT2D eigenvalue weighted by molar-refractivity contribution is 8.07. The van der Waals surface area contributed by atoms with Gasteiger partial charge in [-0.3, -0.25) is 14.5 Å². The zero-order valence-corrected chi connectivity index (χ0v) is 24.1. The SMILES string of the molecule is CCO/N=C(\C(=O)N[C@@H]1C(=O)N2C(C(=O)O)=C(Sc3nc(-c4cc[n+](C)cc4)cs3)CS[C@H]12)c1nsc(C)n1. The topological polar surface area (TPSA) is 151 Å². The van der Waals surface area contributed by atoms with Crippen molar-refractivity contribution in [2.45, 2.75) is 29.6 Å². The number of pyridine rings is 1. The van der Waals surface area contributed by atoms with Gasteiger partial charge in [-0.1, -0.05) is 16.9 Å². The second kappa shape index (κ2) is 11.4. The summed E-state index contributed by atoms with van der Waals surface area (Å²) in [6.45, 7) is 3.69. The molecule has 2 amide bonds. The van der Waals surface area contributed by atoms with Gasteiger partial charge in [-0.15, -0.1) is 23.1 Å². The Balaban J connectivity index is 1.32. The maximum absolute atomic E-state index is 13.1. The Morgan fingerprint density at radius 3 is 2.77 bits per heavy atom. The van der Waals surface area contributed by atoms with Gasteiger partial charge >= 0.3 is 5.97 Å². The summed E-state index contributed by atoms with van der Waals surface area (Å²) in [5, 5.41) is 18.5. The molecule has 0 spiro atoms. The van der Waals surface area contributed by atoms with Crippen molar-refractivity contribution < 1.29 is 28.9 Å². The van der Waals surface area contributed by atoms with Gasteiger partial charge in [0.25, 0.3) is 11.8 Å². The summed E-state index contributed by atoms with van der Waals surface area (Å²) in [5.41, 5.74) is 1.50. The number of carboxylic acids is 1. The molecule has 3 aromatic heterocycles. The monoisotopic (exact) mass is 604 g/mol. The van der Waals surface area contributed by atoms with Crippen LogP contribution in [0.4, 0.5) is 0 Å². The Morgan fingerprint density at radius 1 is 1.33 bits per heavy atom. The molecule has 0 bridgehead atoms. The molecule has 0 aromatic carbocycles. The first-order chi connectivity index (χ1) is 18.8. The predicted octanol–water partition coefficient (Wildman–Crippen LogP) is 2.02. The summed E-state index contributed by atoms with van der Waals surface area (Å²) < 4.78 is 6.71. The summed E-state index contributed by atoms with van der Waals surface area (Å²) in [6.07, 6.45) is 3.85. The van der Waals surface area contributed by atoms with Crippen molar-refractivity contribution in [1.29, 1.82) is 0 Å². The molecule has 16 heteroatoms. The number of aryl methyl sites for hydroxylation is 2. The van der Waals surface area contributed by atoms with Crippen molar-refractivity contribution in [1.82, 2.24) is 24.6 Å². The van der Waals surface area contributed by atoms with Crippen LogP contribution in [-0.4, -0.2) is 71.6 Å². The maximum Gasteiger partial charge on any atom is 0.353 e. The van der Waals surface area contributed by atoms with E-state index in [1.165, 1.54) is 39.8 Å². The number of oxime groups is 1. The second-order valence-corrected chi connectivity index (χ2v) is 12.5. The number of nitrogens with one attached hydrogen (secondary N) is 1. The van der Waals surface area contributed by atoms with Crippen LogP contribution < -0.4 is 9.88 Å². The zero-order valence-electron chi connectivity index (χ0n) is 20.9. The molecule has 0 radical (unpaired) electrons. The number of amides is 2. The van der Waals surface area contributed by atoms with Crippen LogP contribution in [0.15, 0.2) is 50.0 Å². The van der Waals surface area contributed by atoms with E-state index < -0.39 is 29.2 Å². The molecule has 2 atom stereocenters. The number of hydrogen-bond donors (Lipinski definition) is 2. The number of carbonyl (C=O) groups is 3. The van der Waals surface area contributed by atoms with Crippen molar-refractivity contribution in [3.63, 3.8) is 0 Å². The smallest absolute Gasteiger partial charge is 0.353 e. The Labute approximate surface area is 239 Å². The van der Waals surface area contributed by atoms with Gasteiger partial charge in [0.1, 0.15) is 35.8 Å². The third kappa shape index (κ3) is 5.54. The lowest BCUT2D eigenvalue weighted by Gasteiger charge is -2.49. The first kappa shape index (κ1) is 27.2. The maximum atomic E-state index is 13.1. The molecule has 39 heavy (non-hydrogen) atoms. The van der Waals surface area contributed by atoms with Gasteiger partial charge in [-0.05, 0) is 25.4 Å². The molecular formula is C23H22N7O5S4+. The fourth-order valence-electron chi connectivity index (χ4n) is 3.80. The Bertz CT molecular complexity index is 1500. The third-order valence-corrected chi connectivity index (χ3v) is 9.73. The van der Waals surface area contributed by atoms with Gasteiger partial charge in [0.05, 0.1) is 5.69 Å². The largest absolute Gasteiger partial charge is 0.477 e. The van der Waals surface area contributed by atoms with E-state index in [0.29, 0.717) is 20.0 Å². The van der Waals surface area contributed by atoms with Gasteiger partial charge in [0.2, 0.25) is 11.5 Å². The van der Waals surface area contributed by atoms with Crippen LogP contribution in [0, 0.1) is 6.92 Å². The molecule has 0 unspecified atom stereocenters. The number of carbonyl (C=O) groups excluding carboxylic acids is 2. The minimum absolute atomic E-state index is 0.0947. The van der Waals surface area contributed by atoms with Crippen LogP contribution in [0.1, 0.15) is 17.8 Å². The standard InChI is InChI=1S/C23H21N7O5S4/c1-4-35-27-15(18-24-11(2)39-28-18)19(31)26-16-20(32)30-17(22(33)34)14(10-36-21(16)30)38-23-25-13(9-37-23)12-5-7-29(3)8-6-12/h5-9,16,21H,4,10H2,1-3H3,(H-,26,31,33,34)/p+1/b27-15-/t16-,21-/m1/s1. The molecule has 12 nitrogen and oxygen atoms in total. The van der Waals surface area contributed by atoms with E-state index in [4.69, 9.17) is 4.84 Å². The zero-order chi connectivity index (χ0) is 27.7. The molecule has 2 aliphatic rings. The van der Waals surface area contributed by atoms with Crippen molar-refractivity contribution >= 4 is 69.9 Å². The van der Waals surface area contributed by atoms with Crippen molar-refractivity contribution in [2.24, 2.45) is 12.2 Å². The highest BCUT2D eigenvalue weighted by Crippen LogP contribution is 2.46. The number of aromatic nitrogens is 4. The van der Waals surface area contributed by atoms with E-state index in [1.54, 1.807) is 13.8 Å². The minimum atomic E-state index is -1.21. The Morgan fingerprint density at radius 2 is 2.10 bits per heavy atom. The lowest BCUT2D eigenvalue weighted by Crippen LogP contribution is -2.71. The number of fused-ring (bicyclic) bond motifs is 1. The van der Waals surface area contributed by atoms with Gasteiger partial charge in [0.15, 0.2) is 16.7 Å². The van der Waals surface area contributed by atoms with Crippen LogP contribution in [0.5, 0.6) is 0 Å². The van der Waals surface area contributed by atoms with Crippen LogP contribution >= 0.6 is 46.4 Å². The normalized spacial score (nSPS) is 19.0. The first-order valence-corrected chi connectivity index (χ1v) is 15.1. The first-order valence-electron chi connectivity index (χ1n) is 11.6. The quantitative estimate of drug-likeness (QED) is 0.161. The number of aliphatic carboxylic acids is 1. The molecular weight excluding hydrogens is 583 g/mol. The minimum Gasteiger partial charge on any atom is -0.477 e. The van der Waals surface area contributed by atoms with Crippen LogP contribution in [0.2, 0.25) is 0 Å². The van der Waals surface area contributed by atoms with E-state index >= 15 is 0 Å². The van der Waals surface area contributed by atoms with E-state index in [9.17, 15) is 19.5 Å². The number of thioether (sulfide) groups is 2. The number of β-lactam (4-membered cyclic amide) rings is 1. The van der Waals surface area contributed by atoms with Gasteiger partial charge < -0.3 is 15.3 Å². The van der Waals surface area contributed by atoms with E-state index in [0.717, 1.165) is 22.8 Å². The predicted molar refractivity (Wildman–Crippen MR) is 147 cm³/mol. The van der Waals surface area contributed by atoms with Crippen LogP contribution in [-0.2, 0) is 26.3 Å². The van der Waals surface area contributed by atoms with E-state index in [-0.39, 0.29) is 23.8 Å². The number of rotatable bonds is 9. The Kier molecular flexibility index (Phi) is 7.97. The molecule has 2 N–H and O–H groups in total. The molecule has 5 rings (SSSR count). The highest BCUT2D eigenvalue weighted by atomic mass is 32.2. The Hall–Kier alpha value is -3.34. The fraction of sp³-hybridized carbons (Fsp3) is 0.304. The number of hydrogen-bond acceptors (Lipinski definition) is 12. The van der Waals surface area contributed by atoms with Crippen molar-refractivity contribution in [2.75, 3.05) is 12.4 Å². The summed E-state index contributed by atoms with van der Waals surface area (Å²) in [6, 6.07) is 2.98. The summed E-state index contributed by atoms with van der Waals surface area (Å²) >= 11 is 5.13. The van der Waals surface area contributed by atoms with Crippen LogP contribution in [0.3, 0.4) is 0 Å². The molecule has 202 valence electrons. The second-order valence-electron chi connectivity index (χ2n) is 8.29. The molecule has 2 aliphatic heterocycles. The molecule has 1 saturated heterocycles. The van der Waals surface area contributed by atoms with Gasteiger partial charge in [-0.2, -0.15) is 4.37 Å². The lowest BCUT2D eigenvalue weighted by molar-refractivity contribution is -0.671. The fourth-order valence-corrected chi connectivity index (χ4v) is 7.74. The molecule has 3 aromatic rings. The van der Waals surface area contributed by atoms with Crippen molar-refractivity contribution in [3.8, 4) is 11.3 Å². The average molecular weight is 605 g/mol. The number of thiazole rings is 1. The summed E-state index contributed by atoms with van der Waals surface area (Å²) in [4.78, 5) is 54.0. The summed E-state index contributed by atoms with van der Waals surface area (Å²) in [7, 11) is 1.93. The number of carboxylic acid groups (broad SMARTS) is 1. The van der Waals surface area contributed by atoms with Gasteiger partial charge in [-0.25, -0.2) is 19.3 Å². The van der Waals surface area contributed by atoms with E-state index in [2.05, 4.69) is 24.8 Å². The van der Waals surface area contributed by atoms with E-state index in [1.807, 2.05) is 41.5 Å². The van der Waals surface area contributed by atoms with Crippen molar-refractivity contribution in [3.05, 3.63) is 51.3 Å². The molecule has 0 saturated carbocycles. The van der Waals surface area contributed by atoms with Gasteiger partial charge in [0, 0.05) is 33.7 Å².